The summed E-state index contributed by atoms with van der Waals surface area (Å²) in [6.07, 6.45) is 1.47. The third-order valence-electron chi connectivity index (χ3n) is 2.81. The number of hydrogen-bond acceptors (Lipinski definition) is 3. The van der Waals surface area contributed by atoms with Crippen LogP contribution in [0.2, 0.25) is 0 Å². The highest BCUT2D eigenvalue weighted by molar-refractivity contribution is 5.27. The Morgan fingerprint density at radius 2 is 2.13 bits per heavy atom. The maximum atomic E-state index is 5.86. The lowest BCUT2D eigenvalue weighted by molar-refractivity contribution is 0.208. The van der Waals surface area contributed by atoms with E-state index in [1.807, 2.05) is 24.3 Å². The van der Waals surface area contributed by atoms with E-state index in [4.69, 9.17) is 10.5 Å². The molecule has 82 valence electrons. The molecule has 1 aromatic carbocycles. The van der Waals surface area contributed by atoms with Crippen LogP contribution in [0.25, 0.3) is 0 Å². The number of nitrogens with two attached hydrogens (primary N) is 1. The maximum Gasteiger partial charge on any atom is 0.119 e. The van der Waals surface area contributed by atoms with Gasteiger partial charge in [0.15, 0.2) is 0 Å². The van der Waals surface area contributed by atoms with Crippen LogP contribution in [-0.2, 0) is 6.54 Å². The highest BCUT2D eigenvalue weighted by Crippen LogP contribution is 2.18. The average Bonchev–Trinajstić information content (AvgIpc) is 2.65. The molecular formula is C12H18N2O. The van der Waals surface area contributed by atoms with Crippen molar-refractivity contribution in [2.45, 2.75) is 19.1 Å². The van der Waals surface area contributed by atoms with Crippen molar-refractivity contribution in [2.75, 3.05) is 20.1 Å². The van der Waals surface area contributed by atoms with Crippen LogP contribution in [0.4, 0.5) is 0 Å². The molecule has 0 aliphatic carbocycles. The van der Waals surface area contributed by atoms with Gasteiger partial charge in [0.25, 0.3) is 0 Å². The lowest BCUT2D eigenvalue weighted by atomic mass is 10.2. The van der Waals surface area contributed by atoms with Crippen molar-refractivity contribution in [3.8, 4) is 5.75 Å². The van der Waals surface area contributed by atoms with Gasteiger partial charge in [0.1, 0.15) is 11.9 Å². The van der Waals surface area contributed by atoms with Crippen LogP contribution in [0, 0.1) is 0 Å². The van der Waals surface area contributed by atoms with Gasteiger partial charge in [-0.15, -0.1) is 0 Å². The van der Waals surface area contributed by atoms with E-state index in [1.165, 1.54) is 0 Å². The van der Waals surface area contributed by atoms with Crippen molar-refractivity contribution in [1.29, 1.82) is 0 Å². The summed E-state index contributed by atoms with van der Waals surface area (Å²) < 4.78 is 5.86. The topological polar surface area (TPSA) is 38.5 Å². The monoisotopic (exact) mass is 206 g/mol. The Morgan fingerprint density at radius 3 is 2.67 bits per heavy atom. The molecular weight excluding hydrogens is 188 g/mol. The molecule has 1 unspecified atom stereocenters. The molecule has 1 aromatic rings. The fraction of sp³-hybridized carbons (Fsp3) is 0.500. The molecule has 15 heavy (non-hydrogen) atoms. The Balaban J connectivity index is 1.93. The molecule has 1 heterocycles. The lowest BCUT2D eigenvalue weighted by Gasteiger charge is -2.13. The highest BCUT2D eigenvalue weighted by atomic mass is 16.5. The van der Waals surface area contributed by atoms with Crippen LogP contribution in [0.3, 0.4) is 0 Å². The molecule has 0 radical (unpaired) electrons. The second-order valence-electron chi connectivity index (χ2n) is 4.14. The third-order valence-corrected chi connectivity index (χ3v) is 2.81. The van der Waals surface area contributed by atoms with Crippen molar-refractivity contribution in [1.82, 2.24) is 4.90 Å². The van der Waals surface area contributed by atoms with Gasteiger partial charge >= 0.3 is 0 Å². The summed E-state index contributed by atoms with van der Waals surface area (Å²) in [5.41, 5.74) is 6.68. The Labute approximate surface area is 90.8 Å². The molecule has 1 aliphatic heterocycles. The minimum atomic E-state index is 0.346. The highest BCUT2D eigenvalue weighted by Gasteiger charge is 2.20. The molecule has 2 N–H and O–H groups in total. The fourth-order valence-electron chi connectivity index (χ4n) is 1.89. The van der Waals surface area contributed by atoms with Gasteiger partial charge in [0.05, 0.1) is 0 Å². The molecule has 0 aromatic heterocycles. The normalized spacial score (nSPS) is 21.9. The van der Waals surface area contributed by atoms with E-state index < -0.39 is 0 Å². The second-order valence-corrected chi connectivity index (χ2v) is 4.14. The third kappa shape index (κ3) is 2.70. The van der Waals surface area contributed by atoms with Gasteiger partial charge in [-0.05, 0) is 31.2 Å². The number of likely N-dealkylation sites (tertiary alicyclic amines) is 1. The molecule has 0 saturated carbocycles. The van der Waals surface area contributed by atoms with Crippen LogP contribution in [0.1, 0.15) is 12.0 Å². The van der Waals surface area contributed by atoms with Crippen molar-refractivity contribution in [3.63, 3.8) is 0 Å². The van der Waals surface area contributed by atoms with Crippen LogP contribution >= 0.6 is 0 Å². The minimum absolute atomic E-state index is 0.346. The molecule has 1 aliphatic rings. The lowest BCUT2D eigenvalue weighted by Crippen LogP contribution is -2.21. The van der Waals surface area contributed by atoms with E-state index in [9.17, 15) is 0 Å². The van der Waals surface area contributed by atoms with Crippen molar-refractivity contribution < 1.29 is 4.74 Å². The predicted molar refractivity (Wildman–Crippen MR) is 60.9 cm³/mol. The zero-order valence-electron chi connectivity index (χ0n) is 9.15. The van der Waals surface area contributed by atoms with E-state index in [1.54, 1.807) is 0 Å². The summed E-state index contributed by atoms with van der Waals surface area (Å²) in [5, 5.41) is 0. The van der Waals surface area contributed by atoms with Gasteiger partial charge in [0, 0.05) is 19.6 Å². The number of nitrogens with zero attached hydrogens (tertiary/aromatic N) is 1. The van der Waals surface area contributed by atoms with Gasteiger partial charge in [-0.25, -0.2) is 0 Å². The zero-order valence-corrected chi connectivity index (χ0v) is 9.15. The van der Waals surface area contributed by atoms with E-state index in [2.05, 4.69) is 11.9 Å². The number of rotatable bonds is 3. The largest absolute Gasteiger partial charge is 0.489 e. The summed E-state index contributed by atoms with van der Waals surface area (Å²) in [6, 6.07) is 8.04. The smallest absolute Gasteiger partial charge is 0.119 e. The summed E-state index contributed by atoms with van der Waals surface area (Å²) in [5.74, 6) is 0.951. The first kappa shape index (κ1) is 10.5. The summed E-state index contributed by atoms with van der Waals surface area (Å²) in [6.45, 7) is 2.75. The number of hydrogen-bond donors (Lipinski definition) is 1. The molecule has 3 heteroatoms. The zero-order chi connectivity index (χ0) is 10.7. The van der Waals surface area contributed by atoms with E-state index >= 15 is 0 Å². The second kappa shape index (κ2) is 4.64. The van der Waals surface area contributed by atoms with Crippen molar-refractivity contribution in [2.24, 2.45) is 5.73 Å². The Bertz CT molecular complexity index is 310. The molecule has 2 rings (SSSR count). The van der Waals surface area contributed by atoms with Crippen LogP contribution in [0.5, 0.6) is 5.75 Å². The minimum Gasteiger partial charge on any atom is -0.489 e. The molecule has 1 saturated heterocycles. The number of benzene rings is 1. The van der Waals surface area contributed by atoms with E-state index in [-0.39, 0.29) is 0 Å². The van der Waals surface area contributed by atoms with Gasteiger partial charge in [-0.2, -0.15) is 0 Å². The summed E-state index contributed by atoms with van der Waals surface area (Å²) >= 11 is 0. The average molecular weight is 206 g/mol. The number of ether oxygens (including phenoxy) is 1. The summed E-state index contributed by atoms with van der Waals surface area (Å²) in [4.78, 5) is 2.29. The van der Waals surface area contributed by atoms with Gasteiger partial charge < -0.3 is 15.4 Å². The molecule has 3 nitrogen and oxygen atoms in total. The van der Waals surface area contributed by atoms with Crippen molar-refractivity contribution in [3.05, 3.63) is 29.8 Å². The summed E-state index contributed by atoms with van der Waals surface area (Å²) in [7, 11) is 2.13. The van der Waals surface area contributed by atoms with E-state index in [0.717, 1.165) is 30.8 Å². The number of likely N-dealkylation sites (N-methyl/N-ethyl adjacent to an activating group) is 1. The Morgan fingerprint density at radius 1 is 1.40 bits per heavy atom. The van der Waals surface area contributed by atoms with Crippen LogP contribution in [-0.4, -0.2) is 31.1 Å². The fourth-order valence-corrected chi connectivity index (χ4v) is 1.89. The molecule has 0 bridgehead atoms. The first-order valence-corrected chi connectivity index (χ1v) is 5.42. The quantitative estimate of drug-likeness (QED) is 0.808. The van der Waals surface area contributed by atoms with Gasteiger partial charge in [-0.1, -0.05) is 12.1 Å². The SMILES string of the molecule is CN1CCC(Oc2ccc(CN)cc2)C1. The van der Waals surface area contributed by atoms with Crippen molar-refractivity contribution >= 4 is 0 Å². The maximum absolute atomic E-state index is 5.86. The Hall–Kier alpha value is -1.06. The molecule has 0 amide bonds. The molecule has 1 fully saturated rings. The van der Waals surface area contributed by atoms with Crippen LogP contribution < -0.4 is 10.5 Å². The van der Waals surface area contributed by atoms with Crippen LogP contribution in [0.15, 0.2) is 24.3 Å². The Kier molecular flexibility index (Phi) is 3.23. The van der Waals surface area contributed by atoms with E-state index in [0.29, 0.717) is 12.6 Å². The molecule has 0 spiro atoms. The molecule has 1 atom stereocenters. The van der Waals surface area contributed by atoms with Gasteiger partial charge in [-0.3, -0.25) is 0 Å². The predicted octanol–water partition coefficient (Wildman–Crippen LogP) is 1.23. The van der Waals surface area contributed by atoms with Gasteiger partial charge in [0.2, 0.25) is 0 Å². The standard InChI is InChI=1S/C12H18N2O/c1-14-7-6-12(9-14)15-11-4-2-10(8-13)3-5-11/h2-5,12H,6-9,13H2,1H3. The first-order valence-electron chi connectivity index (χ1n) is 5.42. The first-order chi connectivity index (χ1) is 7.28.